The van der Waals surface area contributed by atoms with Crippen molar-refractivity contribution in [3.8, 4) is 0 Å². The lowest BCUT2D eigenvalue weighted by Gasteiger charge is -2.18. The van der Waals surface area contributed by atoms with Gasteiger partial charge in [-0.3, -0.25) is 9.78 Å². The van der Waals surface area contributed by atoms with Crippen LogP contribution < -0.4 is 5.32 Å². The van der Waals surface area contributed by atoms with Crippen molar-refractivity contribution in [3.05, 3.63) is 57.8 Å². The molecule has 0 fully saturated rings. The molecule has 1 heterocycles. The summed E-state index contributed by atoms with van der Waals surface area (Å²) in [7, 11) is 0. The average Bonchev–Trinajstić information content (AvgIpc) is 2.58. The fourth-order valence-corrected chi connectivity index (χ4v) is 2.90. The molecule has 1 N–H and O–H groups in total. The fraction of sp³-hybridized carbons (Fsp3) is 0.333. The molecule has 0 bridgehead atoms. The van der Waals surface area contributed by atoms with Crippen molar-refractivity contribution in [1.29, 1.82) is 0 Å². The zero-order valence-electron chi connectivity index (χ0n) is 13.9. The molecule has 1 aromatic heterocycles. The lowest BCUT2D eigenvalue weighted by atomic mass is 10.1. The molecule has 0 unspecified atom stereocenters. The molecule has 0 aliphatic rings. The van der Waals surface area contributed by atoms with E-state index in [1.807, 2.05) is 32.0 Å². The molecule has 2 rings (SSSR count). The first-order chi connectivity index (χ1) is 11.5. The van der Waals surface area contributed by atoms with E-state index in [2.05, 4.69) is 10.3 Å². The number of anilines is 1. The van der Waals surface area contributed by atoms with E-state index in [9.17, 15) is 4.79 Å². The summed E-state index contributed by atoms with van der Waals surface area (Å²) in [5.74, 6) is -0.0515. The molecule has 0 aliphatic carbocycles. The van der Waals surface area contributed by atoms with Crippen molar-refractivity contribution in [2.75, 3.05) is 25.0 Å². The quantitative estimate of drug-likeness (QED) is 0.783. The van der Waals surface area contributed by atoms with Gasteiger partial charge in [-0.1, -0.05) is 29.3 Å². The van der Waals surface area contributed by atoms with Crippen LogP contribution >= 0.6 is 23.2 Å². The number of nitrogens with zero attached hydrogens (tertiary/aromatic N) is 2. The van der Waals surface area contributed by atoms with Crippen LogP contribution in [-0.2, 0) is 6.42 Å². The number of amides is 1. The summed E-state index contributed by atoms with van der Waals surface area (Å²) < 4.78 is 0. The summed E-state index contributed by atoms with van der Waals surface area (Å²) >= 11 is 12.1. The second-order valence-corrected chi connectivity index (χ2v) is 6.16. The lowest BCUT2D eigenvalue weighted by molar-refractivity contribution is 0.0767. The number of hydrogen-bond donors (Lipinski definition) is 1. The van der Waals surface area contributed by atoms with E-state index >= 15 is 0 Å². The topological polar surface area (TPSA) is 45.2 Å². The Bertz CT molecular complexity index is 702. The third-order valence-corrected chi connectivity index (χ3v) is 4.36. The predicted octanol–water partition coefficient (Wildman–Crippen LogP) is 4.53. The standard InChI is InChI=1S/C18H21Cl2N3O/c1-3-23(4-2)18(24)17-12-15(8-10-22-17)21-9-7-13-5-6-14(19)11-16(13)20/h5-6,8,10-12H,3-4,7,9H2,1-2H3,(H,21,22). The molecule has 4 nitrogen and oxygen atoms in total. The average molecular weight is 366 g/mol. The van der Waals surface area contributed by atoms with E-state index < -0.39 is 0 Å². The predicted molar refractivity (Wildman–Crippen MR) is 100 cm³/mol. The van der Waals surface area contributed by atoms with Crippen LogP contribution in [0, 0.1) is 0 Å². The van der Waals surface area contributed by atoms with Gasteiger partial charge in [0.1, 0.15) is 5.69 Å². The highest BCUT2D eigenvalue weighted by Gasteiger charge is 2.14. The number of carbonyl (C=O) groups is 1. The van der Waals surface area contributed by atoms with Crippen molar-refractivity contribution >= 4 is 34.8 Å². The molecule has 0 saturated carbocycles. The number of hydrogen-bond acceptors (Lipinski definition) is 3. The number of carbonyl (C=O) groups excluding carboxylic acids is 1. The Morgan fingerprint density at radius 2 is 1.92 bits per heavy atom. The second-order valence-electron chi connectivity index (χ2n) is 5.32. The third kappa shape index (κ3) is 4.86. The van der Waals surface area contributed by atoms with Gasteiger partial charge in [0, 0.05) is 41.6 Å². The molecule has 0 saturated heterocycles. The number of pyridine rings is 1. The minimum atomic E-state index is -0.0515. The Balaban J connectivity index is 1.98. The van der Waals surface area contributed by atoms with Gasteiger partial charge in [-0.05, 0) is 50.1 Å². The van der Waals surface area contributed by atoms with Crippen molar-refractivity contribution < 1.29 is 4.79 Å². The molecule has 0 spiro atoms. The van der Waals surface area contributed by atoms with Gasteiger partial charge in [-0.25, -0.2) is 0 Å². The molecule has 128 valence electrons. The Morgan fingerprint density at radius 3 is 2.58 bits per heavy atom. The summed E-state index contributed by atoms with van der Waals surface area (Å²) in [5, 5.41) is 4.60. The molecule has 6 heteroatoms. The van der Waals surface area contributed by atoms with Gasteiger partial charge in [0.25, 0.3) is 5.91 Å². The first-order valence-corrected chi connectivity index (χ1v) is 8.73. The largest absolute Gasteiger partial charge is 0.385 e. The van der Waals surface area contributed by atoms with Crippen LogP contribution in [-0.4, -0.2) is 35.4 Å². The van der Waals surface area contributed by atoms with Gasteiger partial charge in [0.05, 0.1) is 0 Å². The maximum atomic E-state index is 12.3. The molecular formula is C18H21Cl2N3O. The maximum absolute atomic E-state index is 12.3. The molecule has 1 aromatic carbocycles. The molecule has 2 aromatic rings. The smallest absolute Gasteiger partial charge is 0.272 e. The van der Waals surface area contributed by atoms with Crippen molar-refractivity contribution in [1.82, 2.24) is 9.88 Å². The van der Waals surface area contributed by atoms with Crippen molar-refractivity contribution in [2.45, 2.75) is 20.3 Å². The Kier molecular flexibility index (Phi) is 6.88. The van der Waals surface area contributed by atoms with E-state index in [0.717, 1.165) is 17.7 Å². The molecule has 24 heavy (non-hydrogen) atoms. The first-order valence-electron chi connectivity index (χ1n) is 7.98. The van der Waals surface area contributed by atoms with Crippen LogP contribution in [0.2, 0.25) is 10.0 Å². The van der Waals surface area contributed by atoms with Crippen LogP contribution in [0.25, 0.3) is 0 Å². The van der Waals surface area contributed by atoms with Gasteiger partial charge in [0.2, 0.25) is 0 Å². The third-order valence-electron chi connectivity index (χ3n) is 3.77. The molecule has 0 radical (unpaired) electrons. The summed E-state index contributed by atoms with van der Waals surface area (Å²) in [5.41, 5.74) is 2.35. The van der Waals surface area contributed by atoms with Crippen LogP contribution in [0.3, 0.4) is 0 Å². The highest BCUT2D eigenvalue weighted by Crippen LogP contribution is 2.21. The van der Waals surface area contributed by atoms with Gasteiger partial charge in [0.15, 0.2) is 0 Å². The van der Waals surface area contributed by atoms with E-state index in [4.69, 9.17) is 23.2 Å². The summed E-state index contributed by atoms with van der Waals surface area (Å²) in [6, 6.07) is 9.13. The molecule has 1 amide bonds. The molecular weight excluding hydrogens is 345 g/mol. The van der Waals surface area contributed by atoms with Crippen molar-refractivity contribution in [3.63, 3.8) is 0 Å². The van der Waals surface area contributed by atoms with Gasteiger partial charge in [-0.2, -0.15) is 0 Å². The Hall–Kier alpha value is -1.78. The van der Waals surface area contributed by atoms with E-state index in [1.54, 1.807) is 23.2 Å². The highest BCUT2D eigenvalue weighted by molar-refractivity contribution is 6.35. The zero-order valence-corrected chi connectivity index (χ0v) is 15.4. The lowest BCUT2D eigenvalue weighted by Crippen LogP contribution is -2.31. The number of nitrogens with one attached hydrogen (secondary N) is 1. The maximum Gasteiger partial charge on any atom is 0.272 e. The van der Waals surface area contributed by atoms with E-state index in [1.165, 1.54) is 0 Å². The van der Waals surface area contributed by atoms with E-state index in [0.29, 0.717) is 35.4 Å². The summed E-state index contributed by atoms with van der Waals surface area (Å²) in [6.07, 6.45) is 2.41. The number of benzene rings is 1. The van der Waals surface area contributed by atoms with Gasteiger partial charge >= 0.3 is 0 Å². The zero-order chi connectivity index (χ0) is 17.5. The minimum Gasteiger partial charge on any atom is -0.385 e. The van der Waals surface area contributed by atoms with Gasteiger partial charge < -0.3 is 10.2 Å². The highest BCUT2D eigenvalue weighted by atomic mass is 35.5. The van der Waals surface area contributed by atoms with Crippen molar-refractivity contribution in [2.24, 2.45) is 0 Å². The number of aromatic nitrogens is 1. The SMILES string of the molecule is CCN(CC)C(=O)c1cc(NCCc2ccc(Cl)cc2Cl)ccn1. The van der Waals surface area contributed by atoms with Crippen LogP contribution in [0.4, 0.5) is 5.69 Å². The van der Waals surface area contributed by atoms with Crippen LogP contribution in [0.1, 0.15) is 29.9 Å². The minimum absolute atomic E-state index is 0.0515. The van der Waals surface area contributed by atoms with E-state index in [-0.39, 0.29) is 5.91 Å². The summed E-state index contributed by atoms with van der Waals surface area (Å²) in [6.45, 7) is 5.95. The first kappa shape index (κ1) is 18.6. The summed E-state index contributed by atoms with van der Waals surface area (Å²) in [4.78, 5) is 18.3. The van der Waals surface area contributed by atoms with Gasteiger partial charge in [-0.15, -0.1) is 0 Å². The van der Waals surface area contributed by atoms with Crippen LogP contribution in [0.5, 0.6) is 0 Å². The number of rotatable bonds is 7. The number of halogens is 2. The van der Waals surface area contributed by atoms with Crippen LogP contribution in [0.15, 0.2) is 36.5 Å². The second kappa shape index (κ2) is 8.90. The Labute approximate surface area is 152 Å². The monoisotopic (exact) mass is 365 g/mol. The Morgan fingerprint density at radius 1 is 1.17 bits per heavy atom. The normalized spacial score (nSPS) is 10.5. The molecule has 0 aliphatic heterocycles. The fourth-order valence-electron chi connectivity index (χ4n) is 2.40. The molecule has 0 atom stereocenters.